The van der Waals surface area contributed by atoms with Gasteiger partial charge in [0.1, 0.15) is 0 Å². The van der Waals surface area contributed by atoms with Gasteiger partial charge in [-0.25, -0.2) is 0 Å². The summed E-state index contributed by atoms with van der Waals surface area (Å²) in [4.78, 5) is 21.9. The number of fused-ring (bicyclic) bond motifs is 1. The SMILES string of the molecule is CC1(C)CC(=O)NN1[C@@H](c1ccc2cc([N+](=O)[O-])ccc2c1)C(F)(F)F. The van der Waals surface area contributed by atoms with Crippen LogP contribution in [0.1, 0.15) is 31.9 Å². The molecule has 1 saturated heterocycles. The van der Waals surface area contributed by atoms with E-state index in [9.17, 15) is 28.1 Å². The molecule has 3 rings (SSSR count). The number of carbonyl (C=O) groups excluding carboxylic acids is 1. The quantitative estimate of drug-likeness (QED) is 0.660. The number of hydrogen-bond donors (Lipinski definition) is 1. The number of benzene rings is 2. The number of rotatable bonds is 3. The molecule has 138 valence electrons. The van der Waals surface area contributed by atoms with Crippen molar-refractivity contribution in [3.8, 4) is 0 Å². The lowest BCUT2D eigenvalue weighted by molar-refractivity contribution is -0.384. The highest BCUT2D eigenvalue weighted by Crippen LogP contribution is 2.43. The Morgan fingerprint density at radius 1 is 1.19 bits per heavy atom. The Morgan fingerprint density at radius 2 is 1.81 bits per heavy atom. The van der Waals surface area contributed by atoms with Crippen molar-refractivity contribution in [2.45, 2.75) is 38.0 Å². The van der Waals surface area contributed by atoms with Crippen molar-refractivity contribution in [1.82, 2.24) is 10.4 Å². The molecule has 6 nitrogen and oxygen atoms in total. The lowest BCUT2D eigenvalue weighted by Gasteiger charge is -2.38. The maximum Gasteiger partial charge on any atom is 0.409 e. The molecule has 1 aliphatic rings. The van der Waals surface area contributed by atoms with Gasteiger partial charge in [0.25, 0.3) is 5.69 Å². The monoisotopic (exact) mass is 367 g/mol. The van der Waals surface area contributed by atoms with Crippen LogP contribution in [0, 0.1) is 10.1 Å². The smallest absolute Gasteiger partial charge is 0.287 e. The second-order valence-corrected chi connectivity index (χ2v) is 6.89. The van der Waals surface area contributed by atoms with Crippen LogP contribution in [0.25, 0.3) is 10.8 Å². The van der Waals surface area contributed by atoms with Gasteiger partial charge in [0, 0.05) is 24.1 Å². The average Bonchev–Trinajstić information content (AvgIpc) is 2.77. The molecule has 0 bridgehead atoms. The van der Waals surface area contributed by atoms with Crippen LogP contribution in [0.5, 0.6) is 0 Å². The fourth-order valence-electron chi connectivity index (χ4n) is 3.24. The molecular weight excluding hydrogens is 351 g/mol. The van der Waals surface area contributed by atoms with E-state index in [4.69, 9.17) is 0 Å². The number of nitro groups is 1. The summed E-state index contributed by atoms with van der Waals surface area (Å²) in [5.41, 5.74) is 1.11. The number of halogens is 3. The number of carbonyl (C=O) groups is 1. The molecule has 0 aromatic heterocycles. The van der Waals surface area contributed by atoms with Crippen molar-refractivity contribution in [3.63, 3.8) is 0 Å². The van der Waals surface area contributed by atoms with E-state index in [1.807, 2.05) is 0 Å². The van der Waals surface area contributed by atoms with E-state index in [1.54, 1.807) is 13.8 Å². The molecular formula is C17H16F3N3O3. The molecule has 0 saturated carbocycles. The van der Waals surface area contributed by atoms with Crippen molar-refractivity contribution in [1.29, 1.82) is 0 Å². The van der Waals surface area contributed by atoms with Crippen LogP contribution in [0.2, 0.25) is 0 Å². The average molecular weight is 367 g/mol. The van der Waals surface area contributed by atoms with Gasteiger partial charge >= 0.3 is 6.18 Å². The zero-order chi connectivity index (χ0) is 19.3. The standard InChI is InChI=1S/C17H16F3N3O3/c1-16(2)9-14(24)21-22(16)15(17(18,19)20)12-4-3-11-8-13(23(25)26)6-5-10(11)7-12/h3-8,15H,9H2,1-2H3,(H,21,24)/t15-/m0/s1. The first kappa shape index (κ1) is 18.1. The minimum Gasteiger partial charge on any atom is -0.287 e. The number of nitrogens with zero attached hydrogens (tertiary/aromatic N) is 2. The Labute approximate surface area is 146 Å². The predicted octanol–water partition coefficient (Wildman–Crippen LogP) is 3.87. The Balaban J connectivity index is 2.09. The number of non-ortho nitro benzene ring substituents is 1. The van der Waals surface area contributed by atoms with Gasteiger partial charge in [-0.15, -0.1) is 0 Å². The van der Waals surface area contributed by atoms with Crippen LogP contribution in [-0.2, 0) is 4.79 Å². The van der Waals surface area contributed by atoms with Crippen molar-refractivity contribution in [2.75, 3.05) is 0 Å². The zero-order valence-electron chi connectivity index (χ0n) is 14.0. The third kappa shape index (κ3) is 3.22. The highest BCUT2D eigenvalue weighted by atomic mass is 19.4. The molecule has 1 aliphatic heterocycles. The molecule has 0 spiro atoms. The number of hydrazine groups is 1. The number of hydrogen-bond acceptors (Lipinski definition) is 4. The first-order valence-corrected chi connectivity index (χ1v) is 7.83. The van der Waals surface area contributed by atoms with Crippen LogP contribution in [0.3, 0.4) is 0 Å². The highest BCUT2D eigenvalue weighted by molar-refractivity contribution is 5.85. The summed E-state index contributed by atoms with van der Waals surface area (Å²) >= 11 is 0. The normalized spacial score (nSPS) is 18.7. The van der Waals surface area contributed by atoms with Gasteiger partial charge in [0.05, 0.1) is 4.92 Å². The van der Waals surface area contributed by atoms with E-state index in [2.05, 4.69) is 5.43 Å². The molecule has 1 fully saturated rings. The van der Waals surface area contributed by atoms with Crippen molar-refractivity contribution in [2.24, 2.45) is 0 Å². The Hall–Kier alpha value is -2.68. The van der Waals surface area contributed by atoms with Crippen molar-refractivity contribution in [3.05, 3.63) is 52.1 Å². The number of alkyl halides is 3. The first-order valence-electron chi connectivity index (χ1n) is 7.83. The van der Waals surface area contributed by atoms with E-state index < -0.39 is 28.6 Å². The van der Waals surface area contributed by atoms with Crippen LogP contribution < -0.4 is 5.43 Å². The zero-order valence-corrected chi connectivity index (χ0v) is 14.0. The van der Waals surface area contributed by atoms with Gasteiger partial charge in [-0.3, -0.25) is 20.3 Å². The van der Waals surface area contributed by atoms with Crippen LogP contribution in [0.4, 0.5) is 18.9 Å². The largest absolute Gasteiger partial charge is 0.409 e. The van der Waals surface area contributed by atoms with Crippen LogP contribution in [-0.4, -0.2) is 27.6 Å². The van der Waals surface area contributed by atoms with Crippen LogP contribution in [0.15, 0.2) is 36.4 Å². The molecule has 9 heteroatoms. The Bertz CT molecular complexity index is 896. The van der Waals surface area contributed by atoms with Crippen molar-refractivity contribution < 1.29 is 22.9 Å². The summed E-state index contributed by atoms with van der Waals surface area (Å²) in [6, 6.07) is 5.99. The number of nitro benzene ring substituents is 1. The maximum absolute atomic E-state index is 13.8. The number of amides is 1. The third-order valence-electron chi connectivity index (χ3n) is 4.43. The van der Waals surface area contributed by atoms with Crippen LogP contribution >= 0.6 is 0 Å². The van der Waals surface area contributed by atoms with Gasteiger partial charge in [-0.1, -0.05) is 12.1 Å². The lowest BCUT2D eigenvalue weighted by Crippen LogP contribution is -2.51. The molecule has 2 aromatic carbocycles. The summed E-state index contributed by atoms with van der Waals surface area (Å²) in [5.74, 6) is -0.472. The Morgan fingerprint density at radius 3 is 2.35 bits per heavy atom. The molecule has 1 amide bonds. The van der Waals surface area contributed by atoms with Gasteiger partial charge < -0.3 is 0 Å². The summed E-state index contributed by atoms with van der Waals surface area (Å²) in [6.07, 6.45) is -4.66. The fraction of sp³-hybridized carbons (Fsp3) is 0.353. The topological polar surface area (TPSA) is 75.5 Å². The second kappa shape index (κ2) is 5.94. The van der Waals surface area contributed by atoms with Gasteiger partial charge in [0.2, 0.25) is 5.91 Å². The first-order chi connectivity index (χ1) is 12.0. The molecule has 0 radical (unpaired) electrons. The lowest BCUT2D eigenvalue weighted by atomic mass is 9.95. The molecule has 1 heterocycles. The summed E-state index contributed by atoms with van der Waals surface area (Å²) < 4.78 is 41.4. The molecule has 2 aromatic rings. The molecule has 1 atom stereocenters. The maximum atomic E-state index is 13.8. The predicted molar refractivity (Wildman–Crippen MR) is 88.1 cm³/mol. The minimum absolute atomic E-state index is 0.0423. The summed E-state index contributed by atoms with van der Waals surface area (Å²) in [7, 11) is 0. The van der Waals surface area contributed by atoms with Gasteiger partial charge in [0.15, 0.2) is 6.04 Å². The summed E-state index contributed by atoms with van der Waals surface area (Å²) in [6.45, 7) is 3.13. The minimum atomic E-state index is -4.62. The van der Waals surface area contributed by atoms with Gasteiger partial charge in [-0.05, 0) is 42.3 Å². The van der Waals surface area contributed by atoms with E-state index >= 15 is 0 Å². The summed E-state index contributed by atoms with van der Waals surface area (Å²) in [5, 5.41) is 12.7. The fourth-order valence-corrected chi connectivity index (χ4v) is 3.24. The van der Waals surface area contributed by atoms with E-state index in [-0.39, 0.29) is 17.7 Å². The van der Waals surface area contributed by atoms with E-state index in [0.29, 0.717) is 10.8 Å². The Kier molecular flexibility index (Phi) is 4.14. The highest BCUT2D eigenvalue weighted by Gasteiger charge is 2.52. The van der Waals surface area contributed by atoms with Gasteiger partial charge in [-0.2, -0.15) is 18.2 Å². The molecule has 0 aliphatic carbocycles. The number of nitrogens with one attached hydrogen (secondary N) is 1. The van der Waals surface area contributed by atoms with E-state index in [0.717, 1.165) is 5.01 Å². The molecule has 0 unspecified atom stereocenters. The molecule has 26 heavy (non-hydrogen) atoms. The second-order valence-electron chi connectivity index (χ2n) is 6.89. The van der Waals surface area contributed by atoms with E-state index in [1.165, 1.54) is 36.4 Å². The molecule has 1 N–H and O–H groups in total. The van der Waals surface area contributed by atoms with Crippen molar-refractivity contribution >= 4 is 22.4 Å². The third-order valence-corrected chi connectivity index (χ3v) is 4.43.